The largest absolute Gasteiger partial charge is 0.341 e. The normalized spacial score (nSPS) is 20.9. The molecule has 6 nitrogen and oxygen atoms in total. The predicted molar refractivity (Wildman–Crippen MR) is 145 cm³/mol. The van der Waals surface area contributed by atoms with Crippen LogP contribution in [0, 0.1) is 0 Å². The summed E-state index contributed by atoms with van der Waals surface area (Å²) >= 11 is 0. The van der Waals surface area contributed by atoms with Crippen LogP contribution >= 0.6 is 0 Å². The van der Waals surface area contributed by atoms with Crippen molar-refractivity contribution in [2.24, 2.45) is 0 Å². The first-order valence-corrected chi connectivity index (χ1v) is 13.1. The van der Waals surface area contributed by atoms with Crippen LogP contribution in [0.25, 0.3) is 44.4 Å². The standard InChI is InChI=1S/C30H28F2N6/c31-30(32)14-25(36-17-30)29-35-15-26(37-29)19-5-3-18(4-6-19)20-7-8-22-13-23(10-9-21(22)12-20)27-16-34-28(38-27)24-2-1-11-33-24/h3-10,12-13,15-16,24-25,33,36H,1-2,11,14,17H2,(H,34,38)(H,35,37). The highest BCUT2D eigenvalue weighted by atomic mass is 19.3. The number of aromatic amines is 2. The molecule has 4 N–H and O–H groups in total. The Morgan fingerprint density at radius 2 is 1.29 bits per heavy atom. The SMILES string of the molecule is FC1(F)CNC(c2ncc(-c3ccc(-c4ccc5cc(-c6cnc(C7CCCN7)[nH]6)ccc5c4)cc3)[nH]2)C1. The highest BCUT2D eigenvalue weighted by Gasteiger charge is 2.40. The van der Waals surface area contributed by atoms with Gasteiger partial charge in [0, 0.05) is 12.0 Å². The highest BCUT2D eigenvalue weighted by Crippen LogP contribution is 2.34. The van der Waals surface area contributed by atoms with Crippen molar-refractivity contribution in [2.45, 2.75) is 37.3 Å². The molecule has 5 aromatic rings. The molecule has 0 radical (unpaired) electrons. The number of H-pyrrole nitrogens is 2. The number of rotatable bonds is 5. The molecule has 0 aliphatic carbocycles. The molecule has 2 fully saturated rings. The van der Waals surface area contributed by atoms with Gasteiger partial charge in [0.15, 0.2) is 0 Å². The third kappa shape index (κ3) is 4.40. The van der Waals surface area contributed by atoms with E-state index in [2.05, 4.69) is 79.1 Å². The lowest BCUT2D eigenvalue weighted by Crippen LogP contribution is -2.19. The highest BCUT2D eigenvalue weighted by molar-refractivity contribution is 5.90. The van der Waals surface area contributed by atoms with Crippen LogP contribution in [0.2, 0.25) is 0 Å². The number of benzene rings is 3. The molecule has 2 aliphatic heterocycles. The molecule has 7 rings (SSSR count). The van der Waals surface area contributed by atoms with Gasteiger partial charge in [-0.05, 0) is 59.0 Å². The Morgan fingerprint density at radius 1 is 0.684 bits per heavy atom. The Kier molecular flexibility index (Phi) is 5.60. The maximum Gasteiger partial charge on any atom is 0.262 e. The third-order valence-corrected chi connectivity index (χ3v) is 7.70. The van der Waals surface area contributed by atoms with Crippen molar-refractivity contribution in [3.8, 4) is 33.6 Å². The molecule has 2 atom stereocenters. The van der Waals surface area contributed by atoms with Gasteiger partial charge in [-0.25, -0.2) is 18.7 Å². The van der Waals surface area contributed by atoms with Gasteiger partial charge in [0.1, 0.15) is 11.6 Å². The zero-order valence-electron chi connectivity index (χ0n) is 20.8. The number of hydrogen-bond donors (Lipinski definition) is 4. The van der Waals surface area contributed by atoms with Crippen molar-refractivity contribution in [1.82, 2.24) is 30.6 Å². The summed E-state index contributed by atoms with van der Waals surface area (Å²) in [4.78, 5) is 15.7. The van der Waals surface area contributed by atoms with Crippen molar-refractivity contribution in [3.05, 3.63) is 84.7 Å². The number of hydrogen-bond acceptors (Lipinski definition) is 4. The van der Waals surface area contributed by atoms with Crippen LogP contribution < -0.4 is 10.6 Å². The van der Waals surface area contributed by atoms with Crippen molar-refractivity contribution >= 4 is 10.8 Å². The predicted octanol–water partition coefficient (Wildman–Crippen LogP) is 6.38. The molecule has 38 heavy (non-hydrogen) atoms. The van der Waals surface area contributed by atoms with Gasteiger partial charge >= 0.3 is 0 Å². The Hall–Kier alpha value is -3.88. The van der Waals surface area contributed by atoms with Gasteiger partial charge in [-0.1, -0.05) is 48.5 Å². The number of aromatic nitrogens is 4. The summed E-state index contributed by atoms with van der Waals surface area (Å²) in [7, 11) is 0. The van der Waals surface area contributed by atoms with E-state index >= 15 is 0 Å². The summed E-state index contributed by atoms with van der Waals surface area (Å²) in [5, 5.41) is 8.69. The van der Waals surface area contributed by atoms with Crippen LogP contribution in [0.5, 0.6) is 0 Å². The average molecular weight is 511 g/mol. The second-order valence-electron chi connectivity index (χ2n) is 10.4. The van der Waals surface area contributed by atoms with Crippen LogP contribution in [0.15, 0.2) is 73.1 Å². The molecule has 2 aromatic heterocycles. The molecule has 0 amide bonds. The van der Waals surface area contributed by atoms with Gasteiger partial charge in [-0.3, -0.25) is 0 Å². The summed E-state index contributed by atoms with van der Waals surface area (Å²) < 4.78 is 27.1. The molecule has 3 aromatic carbocycles. The Balaban J connectivity index is 1.09. The third-order valence-electron chi connectivity index (χ3n) is 7.70. The fraction of sp³-hybridized carbons (Fsp3) is 0.267. The Morgan fingerprint density at radius 3 is 1.95 bits per heavy atom. The van der Waals surface area contributed by atoms with E-state index in [9.17, 15) is 8.78 Å². The molecule has 8 heteroatoms. The van der Waals surface area contributed by atoms with E-state index < -0.39 is 12.0 Å². The quantitative estimate of drug-likeness (QED) is 0.221. The number of fused-ring (bicyclic) bond motifs is 1. The van der Waals surface area contributed by atoms with Crippen LogP contribution in [0.4, 0.5) is 8.78 Å². The minimum atomic E-state index is -2.68. The van der Waals surface area contributed by atoms with Crippen LogP contribution in [-0.4, -0.2) is 38.9 Å². The molecule has 0 saturated carbocycles. The zero-order valence-corrected chi connectivity index (χ0v) is 20.8. The first-order valence-electron chi connectivity index (χ1n) is 13.1. The van der Waals surface area contributed by atoms with Gasteiger partial charge in [0.25, 0.3) is 5.92 Å². The van der Waals surface area contributed by atoms with E-state index in [1.165, 1.54) is 17.2 Å². The van der Waals surface area contributed by atoms with E-state index in [0.717, 1.165) is 52.4 Å². The zero-order chi connectivity index (χ0) is 25.7. The van der Waals surface area contributed by atoms with E-state index in [1.807, 2.05) is 18.3 Å². The lowest BCUT2D eigenvalue weighted by atomic mass is 9.98. The smallest absolute Gasteiger partial charge is 0.262 e. The Bertz CT molecular complexity index is 1600. The first kappa shape index (κ1) is 23.3. The molecule has 0 spiro atoms. The fourth-order valence-electron chi connectivity index (χ4n) is 5.58. The van der Waals surface area contributed by atoms with Gasteiger partial charge in [0.05, 0.1) is 42.4 Å². The van der Waals surface area contributed by atoms with Crippen molar-refractivity contribution in [1.29, 1.82) is 0 Å². The van der Waals surface area contributed by atoms with Gasteiger partial charge in [0.2, 0.25) is 0 Å². The van der Waals surface area contributed by atoms with Crippen LogP contribution in [-0.2, 0) is 0 Å². The number of halogens is 2. The van der Waals surface area contributed by atoms with Crippen LogP contribution in [0.1, 0.15) is 43.0 Å². The maximum absolute atomic E-state index is 13.6. The number of alkyl halides is 2. The van der Waals surface area contributed by atoms with E-state index in [-0.39, 0.29) is 13.0 Å². The van der Waals surface area contributed by atoms with Gasteiger partial charge in [-0.15, -0.1) is 0 Å². The molecule has 192 valence electrons. The summed E-state index contributed by atoms with van der Waals surface area (Å²) in [6, 6.07) is 21.1. The maximum atomic E-state index is 13.6. The monoisotopic (exact) mass is 510 g/mol. The minimum Gasteiger partial charge on any atom is -0.341 e. The van der Waals surface area contributed by atoms with Crippen molar-refractivity contribution in [3.63, 3.8) is 0 Å². The van der Waals surface area contributed by atoms with E-state index in [0.29, 0.717) is 11.9 Å². The molecule has 0 bridgehead atoms. The second kappa shape index (κ2) is 9.15. The van der Waals surface area contributed by atoms with Gasteiger partial charge in [-0.2, -0.15) is 0 Å². The van der Waals surface area contributed by atoms with E-state index in [4.69, 9.17) is 0 Å². The number of nitrogens with zero attached hydrogens (tertiary/aromatic N) is 2. The summed E-state index contributed by atoms with van der Waals surface area (Å²) in [5.74, 6) is -1.12. The molecular weight excluding hydrogens is 482 g/mol. The molecular formula is C30H28F2N6. The van der Waals surface area contributed by atoms with Crippen molar-refractivity contribution < 1.29 is 8.78 Å². The van der Waals surface area contributed by atoms with Crippen molar-refractivity contribution in [2.75, 3.05) is 13.1 Å². The molecule has 2 saturated heterocycles. The first-order chi connectivity index (χ1) is 18.5. The summed E-state index contributed by atoms with van der Waals surface area (Å²) in [6.07, 6.45) is 5.71. The molecule has 2 unspecified atom stereocenters. The molecule has 4 heterocycles. The lowest BCUT2D eigenvalue weighted by molar-refractivity contribution is 0.0208. The van der Waals surface area contributed by atoms with Crippen LogP contribution in [0.3, 0.4) is 0 Å². The summed E-state index contributed by atoms with van der Waals surface area (Å²) in [5.41, 5.74) is 6.20. The van der Waals surface area contributed by atoms with Gasteiger partial charge < -0.3 is 20.6 Å². The average Bonchev–Trinajstić information content (AvgIpc) is 3.75. The number of nitrogens with one attached hydrogen (secondary N) is 4. The Labute approximate surface area is 218 Å². The second-order valence-corrected chi connectivity index (χ2v) is 10.4. The topological polar surface area (TPSA) is 81.4 Å². The number of imidazole rings is 2. The summed E-state index contributed by atoms with van der Waals surface area (Å²) in [6.45, 7) is 0.741. The van der Waals surface area contributed by atoms with E-state index in [1.54, 1.807) is 6.20 Å². The minimum absolute atomic E-state index is 0.233. The lowest BCUT2D eigenvalue weighted by Gasteiger charge is -2.08. The molecule has 2 aliphatic rings. The fourth-order valence-corrected chi connectivity index (χ4v) is 5.58.